The summed E-state index contributed by atoms with van der Waals surface area (Å²) in [5, 5.41) is 0. The third-order valence-corrected chi connectivity index (χ3v) is 9.50. The van der Waals surface area contributed by atoms with Crippen LogP contribution in [-0.2, 0) is 22.0 Å². The fraction of sp³-hybridized carbons (Fsp3) is 0.633. The van der Waals surface area contributed by atoms with Crippen molar-refractivity contribution in [2.45, 2.75) is 118 Å². The van der Waals surface area contributed by atoms with Crippen molar-refractivity contribution in [1.29, 1.82) is 0 Å². The van der Waals surface area contributed by atoms with Gasteiger partial charge in [-0.15, -0.1) is 0 Å². The van der Waals surface area contributed by atoms with Crippen molar-refractivity contribution in [2.24, 2.45) is 5.41 Å². The Morgan fingerprint density at radius 2 is 1.40 bits per heavy atom. The number of ether oxygens (including phenoxy) is 1. The molecule has 0 unspecified atom stereocenters. The number of hydrogen-bond donors (Lipinski definition) is 0. The Hall–Kier alpha value is -2.43. The normalized spacial score (nSPS) is 21.0. The summed E-state index contributed by atoms with van der Waals surface area (Å²) in [6, 6.07) is 4.72. The molecule has 0 bridgehead atoms. The Bertz CT molecular complexity index is 1380. The van der Waals surface area contributed by atoms with Crippen LogP contribution in [0.1, 0.15) is 119 Å². The summed E-state index contributed by atoms with van der Waals surface area (Å²) in [7, 11) is 0. The van der Waals surface area contributed by atoms with Crippen molar-refractivity contribution in [3.05, 3.63) is 34.8 Å². The van der Waals surface area contributed by atoms with Gasteiger partial charge in [0.25, 0.3) is 0 Å². The summed E-state index contributed by atoms with van der Waals surface area (Å²) < 4.78 is 8.93. The molecule has 5 heteroatoms. The van der Waals surface area contributed by atoms with Crippen LogP contribution in [0, 0.1) is 5.41 Å². The first-order valence-electron chi connectivity index (χ1n) is 13.0. The van der Waals surface area contributed by atoms with E-state index in [2.05, 4.69) is 107 Å². The topological polar surface area (TPSA) is 52.8 Å². The van der Waals surface area contributed by atoms with Gasteiger partial charge >= 0.3 is 0 Å². The molecule has 0 atom stereocenters. The molecule has 1 aliphatic heterocycles. The summed E-state index contributed by atoms with van der Waals surface area (Å²) in [4.78, 5) is 15.3. The van der Waals surface area contributed by atoms with Crippen LogP contribution in [0.4, 0.5) is 0 Å². The number of hydrogen-bond acceptors (Lipinski definition) is 4. The van der Waals surface area contributed by atoms with Crippen LogP contribution in [0.3, 0.4) is 0 Å². The van der Waals surface area contributed by atoms with E-state index in [0.717, 1.165) is 33.9 Å². The van der Waals surface area contributed by atoms with Crippen molar-refractivity contribution in [3.63, 3.8) is 0 Å². The van der Waals surface area contributed by atoms with Crippen molar-refractivity contribution in [3.8, 4) is 17.3 Å². The molecule has 0 fully saturated rings. The molecule has 0 saturated heterocycles. The molecule has 0 radical (unpaired) electrons. The molecule has 188 valence electrons. The Morgan fingerprint density at radius 3 is 1.94 bits per heavy atom. The lowest BCUT2D eigenvalue weighted by Crippen LogP contribution is -2.42. The largest absolute Gasteiger partial charge is 0.450 e. The number of benzene rings is 1. The van der Waals surface area contributed by atoms with Crippen molar-refractivity contribution in [2.75, 3.05) is 0 Å². The minimum Gasteiger partial charge on any atom is -0.450 e. The first-order chi connectivity index (χ1) is 15.8. The van der Waals surface area contributed by atoms with Gasteiger partial charge in [0.05, 0.1) is 16.7 Å². The summed E-state index contributed by atoms with van der Waals surface area (Å²) in [5.74, 6) is 2.59. The van der Waals surface area contributed by atoms with Gasteiger partial charge in [0.2, 0.25) is 5.88 Å². The van der Waals surface area contributed by atoms with Crippen molar-refractivity contribution < 1.29 is 4.74 Å². The summed E-state index contributed by atoms with van der Waals surface area (Å²) >= 11 is 0. The molecular formula is C30H42N4O. The van der Waals surface area contributed by atoms with Crippen LogP contribution in [0.25, 0.3) is 22.4 Å². The molecule has 5 nitrogen and oxygen atoms in total. The van der Waals surface area contributed by atoms with Gasteiger partial charge in [-0.3, -0.25) is 4.57 Å². The fourth-order valence-electron chi connectivity index (χ4n) is 6.10. The number of rotatable bonds is 1. The maximum Gasteiger partial charge on any atom is 0.230 e. The first-order valence-corrected chi connectivity index (χ1v) is 13.0. The number of nitrogens with zero attached hydrogens (tertiary/aromatic N) is 4. The molecule has 0 saturated carbocycles. The highest BCUT2D eigenvalue weighted by molar-refractivity contribution is 5.86. The standard InChI is InChI=1S/C30H42N4O/c1-16(2)22-21-23-31-19-14-17-18(28(8,9)29(10,11)27(17,6)7)15-20(19)34(23)30(12,13)35-24(21)33-25(32-22)26(3,4)5/h14-16H,1-13H3. The van der Waals surface area contributed by atoms with Gasteiger partial charge in [-0.1, -0.05) is 76.2 Å². The van der Waals surface area contributed by atoms with Crippen LogP contribution in [0.15, 0.2) is 12.1 Å². The highest BCUT2D eigenvalue weighted by Crippen LogP contribution is 2.62. The molecule has 5 rings (SSSR count). The Morgan fingerprint density at radius 1 is 0.829 bits per heavy atom. The van der Waals surface area contributed by atoms with Gasteiger partial charge in [-0.05, 0) is 59.3 Å². The Kier molecular flexibility index (Phi) is 4.62. The third kappa shape index (κ3) is 2.96. The van der Waals surface area contributed by atoms with Gasteiger partial charge in [0, 0.05) is 5.41 Å². The lowest BCUT2D eigenvalue weighted by atomic mass is 9.59. The maximum atomic E-state index is 6.66. The van der Waals surface area contributed by atoms with Crippen LogP contribution in [-0.4, -0.2) is 19.5 Å². The molecule has 2 aliphatic rings. The molecule has 0 N–H and O–H groups in total. The van der Waals surface area contributed by atoms with E-state index in [1.165, 1.54) is 11.1 Å². The second-order valence-electron chi connectivity index (χ2n) is 14.1. The molecule has 35 heavy (non-hydrogen) atoms. The second kappa shape index (κ2) is 6.66. The Balaban J connectivity index is 1.87. The highest BCUT2D eigenvalue weighted by Gasteiger charge is 2.57. The minimum atomic E-state index is -0.628. The molecule has 0 spiro atoms. The zero-order chi connectivity index (χ0) is 26.1. The predicted molar refractivity (Wildman–Crippen MR) is 143 cm³/mol. The van der Waals surface area contributed by atoms with E-state index >= 15 is 0 Å². The zero-order valence-electron chi connectivity index (χ0n) is 23.9. The fourth-order valence-corrected chi connectivity index (χ4v) is 6.10. The monoisotopic (exact) mass is 474 g/mol. The van der Waals surface area contributed by atoms with E-state index in [1.807, 2.05) is 0 Å². The van der Waals surface area contributed by atoms with Crippen LogP contribution < -0.4 is 4.74 Å². The van der Waals surface area contributed by atoms with Gasteiger partial charge in [0.1, 0.15) is 11.4 Å². The quantitative estimate of drug-likeness (QED) is 0.364. The average Bonchev–Trinajstić information content (AvgIpc) is 3.13. The zero-order valence-corrected chi connectivity index (χ0v) is 23.9. The molecule has 0 amide bonds. The summed E-state index contributed by atoms with van der Waals surface area (Å²) in [5.41, 5.74) is 6.23. The Labute approximate surface area is 210 Å². The van der Waals surface area contributed by atoms with Crippen molar-refractivity contribution in [1.82, 2.24) is 19.5 Å². The number of imidazole rings is 1. The predicted octanol–water partition coefficient (Wildman–Crippen LogP) is 7.59. The highest BCUT2D eigenvalue weighted by atomic mass is 16.5. The van der Waals surface area contributed by atoms with Gasteiger partial charge < -0.3 is 4.74 Å². The van der Waals surface area contributed by atoms with Gasteiger partial charge in [-0.25, -0.2) is 9.97 Å². The summed E-state index contributed by atoms with van der Waals surface area (Å²) in [6.45, 7) is 29.4. The summed E-state index contributed by atoms with van der Waals surface area (Å²) in [6.07, 6.45) is 0. The lowest BCUT2D eigenvalue weighted by molar-refractivity contribution is 0.0245. The third-order valence-electron chi connectivity index (χ3n) is 9.50. The molecule has 1 aliphatic carbocycles. The molecule has 1 aromatic carbocycles. The average molecular weight is 475 g/mol. The number of fused-ring (bicyclic) bond motifs is 6. The number of aromatic nitrogens is 4. The second-order valence-corrected chi connectivity index (χ2v) is 14.1. The molecular weight excluding hydrogens is 432 g/mol. The van der Waals surface area contributed by atoms with E-state index in [0.29, 0.717) is 5.88 Å². The maximum absolute atomic E-state index is 6.66. The van der Waals surface area contributed by atoms with E-state index in [9.17, 15) is 0 Å². The molecule has 3 aromatic rings. The van der Waals surface area contributed by atoms with E-state index in [1.54, 1.807) is 0 Å². The van der Waals surface area contributed by atoms with E-state index in [-0.39, 0.29) is 27.6 Å². The first kappa shape index (κ1) is 24.3. The van der Waals surface area contributed by atoms with Gasteiger partial charge in [-0.2, -0.15) is 4.98 Å². The van der Waals surface area contributed by atoms with E-state index in [4.69, 9.17) is 19.7 Å². The minimum absolute atomic E-state index is 0.0239. The smallest absolute Gasteiger partial charge is 0.230 e. The molecule has 3 heterocycles. The van der Waals surface area contributed by atoms with Crippen LogP contribution in [0.5, 0.6) is 5.88 Å². The van der Waals surface area contributed by atoms with E-state index < -0.39 is 5.72 Å². The van der Waals surface area contributed by atoms with Crippen LogP contribution in [0.2, 0.25) is 0 Å². The lowest BCUT2D eigenvalue weighted by Gasteiger charge is -2.44. The SMILES string of the molecule is CC(C)c1nc(C(C)(C)C)nc2c1-c1nc3cc4c(cc3n1C(C)(C)O2)C(C)(C)C(C)(C)C4(C)C. The molecule has 2 aromatic heterocycles. The van der Waals surface area contributed by atoms with Crippen LogP contribution >= 0.6 is 0 Å². The van der Waals surface area contributed by atoms with Crippen molar-refractivity contribution >= 4 is 11.0 Å². The van der Waals surface area contributed by atoms with Gasteiger partial charge in [0.15, 0.2) is 11.5 Å².